The molecule has 5 nitrogen and oxygen atoms in total. The summed E-state index contributed by atoms with van der Waals surface area (Å²) in [5, 5.41) is 2.54. The van der Waals surface area contributed by atoms with Crippen LogP contribution >= 0.6 is 15.9 Å². The lowest BCUT2D eigenvalue weighted by Crippen LogP contribution is -2.25. The summed E-state index contributed by atoms with van der Waals surface area (Å²) in [5.41, 5.74) is -0.00498. The van der Waals surface area contributed by atoms with Crippen LogP contribution in [0.2, 0.25) is 0 Å². The number of carbonyl (C=O) groups is 1. The Morgan fingerprint density at radius 3 is 2.83 bits per heavy atom. The first-order valence-electron chi connectivity index (χ1n) is 5.71. The Labute approximate surface area is 114 Å². The number of pyridine rings is 1. The van der Waals surface area contributed by atoms with Crippen molar-refractivity contribution in [3.63, 3.8) is 0 Å². The van der Waals surface area contributed by atoms with E-state index in [1.807, 2.05) is 13.8 Å². The van der Waals surface area contributed by atoms with Crippen molar-refractivity contribution in [3.8, 4) is 0 Å². The predicted molar refractivity (Wildman–Crippen MR) is 73.7 cm³/mol. The number of aromatic nitrogens is 1. The molecule has 0 aliphatic rings. The molecule has 100 valence electrons. The van der Waals surface area contributed by atoms with Gasteiger partial charge in [0, 0.05) is 19.4 Å². The van der Waals surface area contributed by atoms with Gasteiger partial charge in [-0.3, -0.25) is 9.59 Å². The summed E-state index contributed by atoms with van der Waals surface area (Å²) in [4.78, 5) is 23.3. The number of amides is 1. The minimum atomic E-state index is -0.328. The van der Waals surface area contributed by atoms with Gasteiger partial charge in [-0.15, -0.1) is 0 Å². The average Bonchev–Trinajstić information content (AvgIpc) is 2.32. The molecule has 0 radical (unpaired) electrons. The molecule has 1 aromatic rings. The van der Waals surface area contributed by atoms with E-state index in [9.17, 15) is 9.59 Å². The number of ether oxygens (including phenoxy) is 1. The number of hydrogen-bond donors (Lipinski definition) is 1. The van der Waals surface area contributed by atoms with Crippen LogP contribution in [0.25, 0.3) is 0 Å². The van der Waals surface area contributed by atoms with E-state index in [1.165, 1.54) is 0 Å². The summed E-state index contributed by atoms with van der Waals surface area (Å²) >= 11 is 3.14. The molecule has 0 aromatic carbocycles. The molecule has 0 aliphatic heterocycles. The van der Waals surface area contributed by atoms with Crippen LogP contribution in [0.4, 0.5) is 5.69 Å². The number of nitrogens with zero attached hydrogens (tertiary/aromatic N) is 1. The smallest absolute Gasteiger partial charge is 0.250 e. The standard InChI is InChI=1S/C12H17BrN2O3/c1-4-8(2)18-7-11(16)14-10-6-15(3)5-9(13)12(10)17/h5-6,8H,4,7H2,1-3H3,(H,14,16)/t8-/m1/s1. The molecule has 0 saturated heterocycles. The number of hydrogen-bond acceptors (Lipinski definition) is 3. The van der Waals surface area contributed by atoms with Crippen molar-refractivity contribution in [2.45, 2.75) is 26.4 Å². The van der Waals surface area contributed by atoms with Crippen LogP contribution in [0.5, 0.6) is 0 Å². The summed E-state index contributed by atoms with van der Waals surface area (Å²) < 4.78 is 7.39. The molecule has 1 aromatic heterocycles. The van der Waals surface area contributed by atoms with E-state index in [0.29, 0.717) is 4.47 Å². The molecule has 0 unspecified atom stereocenters. The highest BCUT2D eigenvalue weighted by Gasteiger charge is 2.10. The molecule has 0 saturated carbocycles. The first-order chi connectivity index (χ1) is 8.43. The third-order valence-electron chi connectivity index (χ3n) is 2.46. The van der Waals surface area contributed by atoms with Crippen LogP contribution in [-0.4, -0.2) is 23.2 Å². The van der Waals surface area contributed by atoms with Gasteiger partial charge in [0.25, 0.3) is 5.91 Å². The van der Waals surface area contributed by atoms with Crippen LogP contribution in [-0.2, 0) is 16.6 Å². The zero-order valence-electron chi connectivity index (χ0n) is 10.7. The van der Waals surface area contributed by atoms with E-state index >= 15 is 0 Å². The van der Waals surface area contributed by atoms with E-state index < -0.39 is 0 Å². The lowest BCUT2D eigenvalue weighted by atomic mass is 10.3. The number of rotatable bonds is 5. The maximum atomic E-state index is 11.7. The lowest BCUT2D eigenvalue weighted by Gasteiger charge is -2.11. The van der Waals surface area contributed by atoms with Crippen LogP contribution in [0, 0.1) is 0 Å². The number of halogens is 1. The molecule has 0 bridgehead atoms. The Bertz CT molecular complexity index is 485. The van der Waals surface area contributed by atoms with Gasteiger partial charge in [-0.05, 0) is 29.3 Å². The Morgan fingerprint density at radius 2 is 2.22 bits per heavy atom. The maximum absolute atomic E-state index is 11.7. The topological polar surface area (TPSA) is 60.3 Å². The molecule has 1 heterocycles. The van der Waals surface area contributed by atoms with Crippen molar-refractivity contribution < 1.29 is 9.53 Å². The van der Waals surface area contributed by atoms with Crippen LogP contribution in [0.15, 0.2) is 21.7 Å². The minimum Gasteiger partial charge on any atom is -0.369 e. The first kappa shape index (κ1) is 14.9. The quantitative estimate of drug-likeness (QED) is 0.902. The van der Waals surface area contributed by atoms with Crippen molar-refractivity contribution in [1.29, 1.82) is 0 Å². The second-order valence-electron chi connectivity index (χ2n) is 4.09. The summed E-state index contributed by atoms with van der Waals surface area (Å²) in [6.07, 6.45) is 4.06. The van der Waals surface area contributed by atoms with Crippen LogP contribution in [0.3, 0.4) is 0 Å². The van der Waals surface area contributed by atoms with Crippen molar-refractivity contribution in [2.24, 2.45) is 7.05 Å². The van der Waals surface area contributed by atoms with Crippen LogP contribution < -0.4 is 10.7 Å². The maximum Gasteiger partial charge on any atom is 0.250 e. The van der Waals surface area contributed by atoms with Crippen molar-refractivity contribution >= 4 is 27.5 Å². The molecule has 0 fully saturated rings. The fourth-order valence-electron chi connectivity index (χ4n) is 1.28. The average molecular weight is 317 g/mol. The number of aryl methyl sites for hydroxylation is 1. The largest absolute Gasteiger partial charge is 0.369 e. The molecule has 18 heavy (non-hydrogen) atoms. The summed E-state index contributed by atoms with van der Waals surface area (Å²) in [7, 11) is 1.77. The SMILES string of the molecule is CC[C@@H](C)OCC(=O)Nc1cn(C)cc(Br)c1=O. The predicted octanol–water partition coefficient (Wildman–Crippen LogP) is 1.90. The highest BCUT2D eigenvalue weighted by molar-refractivity contribution is 9.10. The van der Waals surface area contributed by atoms with Crippen LogP contribution in [0.1, 0.15) is 20.3 Å². The molecule has 1 amide bonds. The number of carbonyl (C=O) groups excluding carboxylic acids is 1. The zero-order valence-corrected chi connectivity index (χ0v) is 12.3. The Kier molecular flexibility index (Phi) is 5.55. The third kappa shape index (κ3) is 4.27. The monoisotopic (exact) mass is 316 g/mol. The van der Waals surface area contributed by atoms with E-state index in [2.05, 4.69) is 21.2 Å². The van der Waals surface area contributed by atoms with Gasteiger partial charge in [0.05, 0.1) is 10.6 Å². The highest BCUT2D eigenvalue weighted by atomic mass is 79.9. The molecule has 0 aliphatic carbocycles. The van der Waals surface area contributed by atoms with Gasteiger partial charge < -0.3 is 14.6 Å². The summed E-state index contributed by atoms with van der Waals surface area (Å²) in [6.45, 7) is 3.82. The molecular weight excluding hydrogens is 300 g/mol. The van der Waals surface area contributed by atoms with Gasteiger partial charge in [0.1, 0.15) is 12.3 Å². The Morgan fingerprint density at radius 1 is 1.56 bits per heavy atom. The molecular formula is C12H17BrN2O3. The van der Waals surface area contributed by atoms with Gasteiger partial charge in [-0.1, -0.05) is 6.92 Å². The van der Waals surface area contributed by atoms with E-state index in [0.717, 1.165) is 6.42 Å². The molecule has 1 N–H and O–H groups in total. The second-order valence-corrected chi connectivity index (χ2v) is 4.95. The van der Waals surface area contributed by atoms with Gasteiger partial charge in [-0.2, -0.15) is 0 Å². The van der Waals surface area contributed by atoms with Crippen molar-refractivity contribution in [1.82, 2.24) is 4.57 Å². The molecule has 1 atom stereocenters. The van der Waals surface area contributed by atoms with Gasteiger partial charge in [-0.25, -0.2) is 0 Å². The molecule has 1 rings (SSSR count). The van der Waals surface area contributed by atoms with Gasteiger partial charge in [0.2, 0.25) is 5.43 Å². The number of anilines is 1. The van der Waals surface area contributed by atoms with Crippen molar-refractivity contribution in [2.75, 3.05) is 11.9 Å². The third-order valence-corrected chi connectivity index (χ3v) is 3.02. The first-order valence-corrected chi connectivity index (χ1v) is 6.50. The van der Waals surface area contributed by atoms with Gasteiger partial charge in [0.15, 0.2) is 0 Å². The number of nitrogens with one attached hydrogen (secondary N) is 1. The van der Waals surface area contributed by atoms with E-state index in [4.69, 9.17) is 4.74 Å². The zero-order chi connectivity index (χ0) is 13.7. The molecule has 0 spiro atoms. The van der Waals surface area contributed by atoms with Crippen molar-refractivity contribution in [3.05, 3.63) is 27.1 Å². The fourth-order valence-corrected chi connectivity index (χ4v) is 1.81. The Balaban J connectivity index is 2.68. The lowest BCUT2D eigenvalue weighted by molar-refractivity contribution is -0.122. The highest BCUT2D eigenvalue weighted by Crippen LogP contribution is 2.07. The summed E-state index contributed by atoms with van der Waals surface area (Å²) in [5.74, 6) is -0.328. The fraction of sp³-hybridized carbons (Fsp3) is 0.500. The summed E-state index contributed by atoms with van der Waals surface area (Å²) in [6, 6.07) is 0. The normalized spacial score (nSPS) is 12.2. The molecule has 6 heteroatoms. The second kappa shape index (κ2) is 6.70. The van der Waals surface area contributed by atoms with E-state index in [1.54, 1.807) is 24.0 Å². The minimum absolute atomic E-state index is 0.0288. The van der Waals surface area contributed by atoms with Gasteiger partial charge >= 0.3 is 0 Å². The van der Waals surface area contributed by atoms with E-state index in [-0.39, 0.29) is 29.7 Å². The Hall–Kier alpha value is -1.14.